The molecule has 5 heteroatoms. The average Bonchev–Trinajstić information content (AvgIpc) is 2.79. The number of benzene rings is 2. The van der Waals surface area contributed by atoms with E-state index in [4.69, 9.17) is 15.2 Å². The van der Waals surface area contributed by atoms with E-state index in [0.29, 0.717) is 5.75 Å². The van der Waals surface area contributed by atoms with E-state index in [1.165, 1.54) is 24.0 Å². The van der Waals surface area contributed by atoms with Crippen LogP contribution in [-0.4, -0.2) is 12.6 Å². The van der Waals surface area contributed by atoms with Crippen LogP contribution in [0, 0.1) is 5.92 Å². The topological polar surface area (TPSA) is 73.6 Å². The molecule has 0 radical (unpaired) electrons. The van der Waals surface area contributed by atoms with E-state index in [9.17, 15) is 4.79 Å². The molecule has 0 unspecified atom stereocenters. The quantitative estimate of drug-likeness (QED) is 0.703. The molecule has 144 valence electrons. The van der Waals surface area contributed by atoms with Crippen LogP contribution in [0.25, 0.3) is 0 Å². The minimum atomic E-state index is -0.807. The van der Waals surface area contributed by atoms with E-state index in [0.717, 1.165) is 48.9 Å². The van der Waals surface area contributed by atoms with Gasteiger partial charge in [0, 0.05) is 6.54 Å². The summed E-state index contributed by atoms with van der Waals surface area (Å²) in [6.45, 7) is 6.43. The SMILES string of the molecule is CC(C)CCCNCc1ccc2c(c1)CCc1cc(OC(N)=O)ccc1O2. The Labute approximate surface area is 160 Å². The third-order valence-electron chi connectivity index (χ3n) is 4.72. The lowest BCUT2D eigenvalue weighted by molar-refractivity contribution is 0.211. The molecule has 2 aromatic carbocycles. The fourth-order valence-corrected chi connectivity index (χ4v) is 3.32. The first-order valence-electron chi connectivity index (χ1n) is 9.62. The number of ether oxygens (including phenoxy) is 2. The molecule has 2 aromatic rings. The molecule has 1 aliphatic heterocycles. The Morgan fingerprint density at radius 2 is 1.85 bits per heavy atom. The van der Waals surface area contributed by atoms with Gasteiger partial charge < -0.3 is 20.5 Å². The first kappa shape index (κ1) is 19.2. The van der Waals surface area contributed by atoms with Crippen molar-refractivity contribution in [3.63, 3.8) is 0 Å². The fourth-order valence-electron chi connectivity index (χ4n) is 3.32. The number of nitrogens with one attached hydrogen (secondary N) is 1. The normalized spacial score (nSPS) is 12.7. The zero-order chi connectivity index (χ0) is 19.2. The molecule has 0 aromatic heterocycles. The smallest absolute Gasteiger partial charge is 0.409 e. The third-order valence-corrected chi connectivity index (χ3v) is 4.72. The van der Waals surface area contributed by atoms with Gasteiger partial charge >= 0.3 is 6.09 Å². The third kappa shape index (κ3) is 5.47. The summed E-state index contributed by atoms with van der Waals surface area (Å²) in [6.07, 6.45) is 3.35. The molecule has 0 bridgehead atoms. The molecule has 0 aliphatic carbocycles. The van der Waals surface area contributed by atoms with E-state index >= 15 is 0 Å². The van der Waals surface area contributed by atoms with Gasteiger partial charge in [-0.2, -0.15) is 0 Å². The van der Waals surface area contributed by atoms with Crippen molar-refractivity contribution in [2.45, 2.75) is 46.1 Å². The van der Waals surface area contributed by atoms with Gasteiger partial charge in [-0.1, -0.05) is 26.0 Å². The summed E-state index contributed by atoms with van der Waals surface area (Å²) in [4.78, 5) is 10.9. The van der Waals surface area contributed by atoms with Crippen molar-refractivity contribution in [1.82, 2.24) is 5.32 Å². The Bertz CT molecular complexity index is 802. The van der Waals surface area contributed by atoms with Gasteiger partial charge in [0.25, 0.3) is 0 Å². The van der Waals surface area contributed by atoms with Crippen molar-refractivity contribution in [3.05, 3.63) is 53.1 Å². The average molecular weight is 368 g/mol. The number of carbonyl (C=O) groups excluding carboxylic acids is 1. The van der Waals surface area contributed by atoms with Gasteiger partial charge in [-0.05, 0) is 79.1 Å². The van der Waals surface area contributed by atoms with Crippen molar-refractivity contribution >= 4 is 6.09 Å². The molecule has 0 spiro atoms. The van der Waals surface area contributed by atoms with E-state index < -0.39 is 6.09 Å². The van der Waals surface area contributed by atoms with Crippen LogP contribution in [0.4, 0.5) is 4.79 Å². The van der Waals surface area contributed by atoms with E-state index in [1.807, 2.05) is 18.2 Å². The van der Waals surface area contributed by atoms with Crippen LogP contribution >= 0.6 is 0 Å². The van der Waals surface area contributed by atoms with Crippen LogP contribution in [0.15, 0.2) is 36.4 Å². The number of primary amides is 1. The summed E-state index contributed by atoms with van der Waals surface area (Å²) < 4.78 is 11.1. The van der Waals surface area contributed by atoms with Crippen LogP contribution in [0.5, 0.6) is 17.2 Å². The van der Waals surface area contributed by atoms with Crippen molar-refractivity contribution in [2.75, 3.05) is 6.54 Å². The number of fused-ring (bicyclic) bond motifs is 2. The largest absolute Gasteiger partial charge is 0.457 e. The summed E-state index contributed by atoms with van der Waals surface area (Å²) in [7, 11) is 0. The van der Waals surface area contributed by atoms with Crippen LogP contribution in [0.2, 0.25) is 0 Å². The summed E-state index contributed by atoms with van der Waals surface area (Å²) >= 11 is 0. The zero-order valence-corrected chi connectivity index (χ0v) is 16.1. The molecule has 0 fully saturated rings. The van der Waals surface area contributed by atoms with Crippen molar-refractivity contribution < 1.29 is 14.3 Å². The fraction of sp³-hybridized carbons (Fsp3) is 0.409. The lowest BCUT2D eigenvalue weighted by Gasteiger charge is -2.11. The Morgan fingerprint density at radius 1 is 1.15 bits per heavy atom. The summed E-state index contributed by atoms with van der Waals surface area (Å²) in [5, 5.41) is 3.52. The van der Waals surface area contributed by atoms with Gasteiger partial charge in [0.1, 0.15) is 17.2 Å². The van der Waals surface area contributed by atoms with Gasteiger partial charge in [0.05, 0.1) is 0 Å². The van der Waals surface area contributed by atoms with Crippen LogP contribution < -0.4 is 20.5 Å². The standard InChI is InChI=1S/C22H28N2O3/c1-15(2)4-3-11-24-14-16-5-9-20-17(12-16)6-7-18-13-19(26-22(23)25)8-10-21(18)27-20/h5,8-10,12-13,15,24H,3-4,6-7,11,14H2,1-2H3,(H2,23,25). The molecule has 0 saturated heterocycles. The number of aryl methyl sites for hydroxylation is 2. The Balaban J connectivity index is 1.63. The molecule has 3 N–H and O–H groups in total. The minimum absolute atomic E-state index is 0.446. The molecule has 0 saturated carbocycles. The molecule has 3 rings (SSSR count). The lowest BCUT2D eigenvalue weighted by atomic mass is 10.0. The minimum Gasteiger partial charge on any atom is -0.457 e. The molecule has 27 heavy (non-hydrogen) atoms. The second kappa shape index (κ2) is 8.91. The first-order valence-corrected chi connectivity index (χ1v) is 9.62. The maximum absolute atomic E-state index is 10.9. The summed E-state index contributed by atoms with van der Waals surface area (Å²) in [5.41, 5.74) is 8.57. The highest BCUT2D eigenvalue weighted by Crippen LogP contribution is 2.35. The molecule has 5 nitrogen and oxygen atoms in total. The monoisotopic (exact) mass is 368 g/mol. The molecular weight excluding hydrogens is 340 g/mol. The molecule has 1 amide bonds. The lowest BCUT2D eigenvalue weighted by Crippen LogP contribution is -2.16. The molecule has 1 aliphatic rings. The number of carbonyl (C=O) groups is 1. The van der Waals surface area contributed by atoms with Crippen LogP contribution in [-0.2, 0) is 19.4 Å². The van der Waals surface area contributed by atoms with Gasteiger partial charge in [-0.3, -0.25) is 0 Å². The molecule has 0 atom stereocenters. The highest BCUT2D eigenvalue weighted by Gasteiger charge is 2.16. The van der Waals surface area contributed by atoms with E-state index in [-0.39, 0.29) is 0 Å². The highest BCUT2D eigenvalue weighted by atomic mass is 16.5. The second-order valence-electron chi connectivity index (χ2n) is 7.45. The number of rotatable bonds is 7. The summed E-state index contributed by atoms with van der Waals surface area (Å²) in [6, 6.07) is 11.7. The molecule has 1 heterocycles. The van der Waals surface area contributed by atoms with Gasteiger partial charge in [-0.25, -0.2) is 4.79 Å². The number of hydrogen-bond acceptors (Lipinski definition) is 4. The van der Waals surface area contributed by atoms with Gasteiger partial charge in [-0.15, -0.1) is 0 Å². The van der Waals surface area contributed by atoms with Gasteiger partial charge in [0.15, 0.2) is 0 Å². The van der Waals surface area contributed by atoms with Crippen LogP contribution in [0.3, 0.4) is 0 Å². The number of hydrogen-bond donors (Lipinski definition) is 2. The Hall–Kier alpha value is -2.53. The predicted molar refractivity (Wildman–Crippen MR) is 106 cm³/mol. The van der Waals surface area contributed by atoms with Crippen molar-refractivity contribution in [1.29, 1.82) is 0 Å². The Morgan fingerprint density at radius 3 is 2.56 bits per heavy atom. The zero-order valence-electron chi connectivity index (χ0n) is 16.1. The Kier molecular flexibility index (Phi) is 6.35. The molecular formula is C22H28N2O3. The summed E-state index contributed by atoms with van der Waals surface area (Å²) in [5.74, 6) is 2.89. The number of nitrogens with two attached hydrogens (primary N) is 1. The maximum atomic E-state index is 10.9. The van der Waals surface area contributed by atoms with E-state index in [2.05, 4.69) is 31.3 Å². The van der Waals surface area contributed by atoms with Crippen LogP contribution in [0.1, 0.15) is 43.4 Å². The maximum Gasteiger partial charge on any atom is 0.409 e. The predicted octanol–water partition coefficient (Wildman–Crippen LogP) is 4.56. The second-order valence-corrected chi connectivity index (χ2v) is 7.45. The van der Waals surface area contributed by atoms with Gasteiger partial charge in [0.2, 0.25) is 0 Å². The highest BCUT2D eigenvalue weighted by molar-refractivity contribution is 5.68. The van der Waals surface area contributed by atoms with E-state index in [1.54, 1.807) is 6.07 Å². The number of amides is 1. The first-order chi connectivity index (χ1) is 13.0. The van der Waals surface area contributed by atoms with Crippen molar-refractivity contribution in [3.8, 4) is 17.2 Å². The van der Waals surface area contributed by atoms with Crippen molar-refractivity contribution in [2.24, 2.45) is 11.7 Å².